The van der Waals surface area contributed by atoms with Gasteiger partial charge in [-0.1, -0.05) is 19.9 Å². The molecule has 0 bridgehead atoms. The first-order valence-corrected chi connectivity index (χ1v) is 10.7. The fourth-order valence-corrected chi connectivity index (χ4v) is 3.77. The van der Waals surface area contributed by atoms with Crippen LogP contribution in [-0.4, -0.2) is 52.4 Å². The largest absolute Gasteiger partial charge is 0.395 e. The van der Waals surface area contributed by atoms with E-state index in [-0.39, 0.29) is 12.4 Å². The van der Waals surface area contributed by atoms with Crippen LogP contribution in [0.15, 0.2) is 48.5 Å². The molecule has 0 spiro atoms. The van der Waals surface area contributed by atoms with E-state index in [4.69, 9.17) is 10.1 Å². The van der Waals surface area contributed by atoms with E-state index in [0.29, 0.717) is 25.9 Å². The maximum atomic E-state index is 13.4. The van der Waals surface area contributed by atoms with Crippen molar-refractivity contribution in [1.82, 2.24) is 9.88 Å². The van der Waals surface area contributed by atoms with Crippen molar-refractivity contribution in [3.63, 3.8) is 0 Å². The summed E-state index contributed by atoms with van der Waals surface area (Å²) in [4.78, 5) is 6.93. The number of aromatic nitrogens is 1. The number of aliphatic hydroxyl groups excluding tert-OH is 2. The third kappa shape index (κ3) is 5.63. The number of aliphatic hydroxyl groups is 2. The Bertz CT molecular complexity index is 959. The van der Waals surface area contributed by atoms with Gasteiger partial charge in [-0.05, 0) is 79.4 Å². The zero-order valence-electron chi connectivity index (χ0n) is 17.8. The van der Waals surface area contributed by atoms with Gasteiger partial charge in [-0.25, -0.2) is 9.37 Å². The van der Waals surface area contributed by atoms with Crippen molar-refractivity contribution in [3.05, 3.63) is 65.5 Å². The normalized spacial score (nSPS) is 12.6. The molecule has 0 amide bonds. The van der Waals surface area contributed by atoms with Gasteiger partial charge in [0.25, 0.3) is 0 Å². The van der Waals surface area contributed by atoms with E-state index in [1.165, 1.54) is 17.7 Å². The minimum absolute atomic E-state index is 0.0869. The highest BCUT2D eigenvalue weighted by Gasteiger charge is 2.14. The summed E-state index contributed by atoms with van der Waals surface area (Å²) in [6.45, 7) is 6.12. The summed E-state index contributed by atoms with van der Waals surface area (Å²) in [6.07, 6.45) is 1.73. The lowest BCUT2D eigenvalue weighted by Gasteiger charge is -2.23. The van der Waals surface area contributed by atoms with E-state index < -0.39 is 6.10 Å². The second kappa shape index (κ2) is 10.6. The van der Waals surface area contributed by atoms with Crippen LogP contribution in [0.5, 0.6) is 0 Å². The van der Waals surface area contributed by atoms with Gasteiger partial charge in [0.05, 0.1) is 23.9 Å². The molecule has 2 aromatic carbocycles. The first kappa shape index (κ1) is 22.3. The van der Waals surface area contributed by atoms with Crippen LogP contribution in [0.3, 0.4) is 0 Å². The molecule has 5 heteroatoms. The zero-order valence-corrected chi connectivity index (χ0v) is 17.8. The first-order chi connectivity index (χ1) is 14.5. The van der Waals surface area contributed by atoms with Crippen LogP contribution < -0.4 is 0 Å². The number of nitrogens with zero attached hydrogens (tertiary/aromatic N) is 2. The van der Waals surface area contributed by atoms with Crippen LogP contribution in [0.1, 0.15) is 31.4 Å². The molecule has 4 nitrogen and oxygen atoms in total. The Morgan fingerprint density at radius 3 is 2.50 bits per heavy atom. The molecule has 3 aromatic rings. The molecule has 0 aliphatic carbocycles. The highest BCUT2D eigenvalue weighted by molar-refractivity contribution is 5.84. The standard InChI is InChI=1S/C25H31FN2O2/c1-3-18-5-12-24-21(15-18)16-20(8-11-23(30)17-28(4-2)13-14-29)25(27-24)19-6-9-22(26)10-7-19/h5-7,9-10,12,15-16,23,29-30H,3-4,8,11,13-14,17H2,1-2H3. The van der Waals surface area contributed by atoms with Crippen molar-refractivity contribution >= 4 is 10.9 Å². The summed E-state index contributed by atoms with van der Waals surface area (Å²) in [5.41, 5.74) is 4.93. The molecule has 1 heterocycles. The summed E-state index contributed by atoms with van der Waals surface area (Å²) in [6, 6.07) is 14.9. The van der Waals surface area contributed by atoms with Gasteiger partial charge in [-0.2, -0.15) is 0 Å². The van der Waals surface area contributed by atoms with Crippen molar-refractivity contribution in [2.75, 3.05) is 26.2 Å². The Morgan fingerprint density at radius 2 is 1.83 bits per heavy atom. The molecule has 2 N–H and O–H groups in total. The van der Waals surface area contributed by atoms with E-state index in [1.807, 2.05) is 17.9 Å². The third-order valence-electron chi connectivity index (χ3n) is 5.56. The van der Waals surface area contributed by atoms with Crippen molar-refractivity contribution < 1.29 is 14.6 Å². The molecule has 0 saturated carbocycles. The number of rotatable bonds is 10. The molecule has 30 heavy (non-hydrogen) atoms. The fourth-order valence-electron chi connectivity index (χ4n) is 3.77. The SMILES string of the molecule is CCc1ccc2nc(-c3ccc(F)cc3)c(CCC(O)CN(CC)CCO)cc2c1. The lowest BCUT2D eigenvalue weighted by Crippen LogP contribution is -2.34. The summed E-state index contributed by atoms with van der Waals surface area (Å²) >= 11 is 0. The fraction of sp³-hybridized carbons (Fsp3) is 0.400. The quantitative estimate of drug-likeness (QED) is 0.526. The average molecular weight is 411 g/mol. The second-order valence-electron chi connectivity index (χ2n) is 7.69. The first-order valence-electron chi connectivity index (χ1n) is 10.7. The number of aryl methyl sites for hydroxylation is 2. The number of hydrogen-bond acceptors (Lipinski definition) is 4. The van der Waals surface area contributed by atoms with Crippen molar-refractivity contribution in [3.8, 4) is 11.3 Å². The topological polar surface area (TPSA) is 56.6 Å². The van der Waals surface area contributed by atoms with Crippen molar-refractivity contribution in [1.29, 1.82) is 0 Å². The van der Waals surface area contributed by atoms with Gasteiger partial charge in [0, 0.05) is 24.0 Å². The number of hydrogen-bond donors (Lipinski definition) is 2. The maximum absolute atomic E-state index is 13.4. The molecule has 0 saturated heterocycles. The number of fused-ring (bicyclic) bond motifs is 1. The predicted molar refractivity (Wildman–Crippen MR) is 120 cm³/mol. The number of likely N-dealkylation sites (N-methyl/N-ethyl adjacent to an activating group) is 1. The number of benzene rings is 2. The van der Waals surface area contributed by atoms with Crippen LogP contribution in [0.4, 0.5) is 4.39 Å². The molecule has 1 atom stereocenters. The maximum Gasteiger partial charge on any atom is 0.123 e. The molecule has 0 fully saturated rings. The number of halogens is 1. The number of pyridine rings is 1. The summed E-state index contributed by atoms with van der Waals surface area (Å²) in [5, 5.41) is 20.8. The summed E-state index contributed by atoms with van der Waals surface area (Å²) in [5.74, 6) is -0.271. The monoisotopic (exact) mass is 410 g/mol. The molecule has 1 aromatic heterocycles. The van der Waals surface area contributed by atoms with E-state index in [0.717, 1.165) is 40.7 Å². The van der Waals surface area contributed by atoms with Gasteiger partial charge >= 0.3 is 0 Å². The van der Waals surface area contributed by atoms with Crippen LogP contribution in [0, 0.1) is 5.82 Å². The van der Waals surface area contributed by atoms with Crippen LogP contribution in [-0.2, 0) is 12.8 Å². The molecule has 0 aliphatic rings. The van der Waals surface area contributed by atoms with Crippen molar-refractivity contribution in [2.45, 2.75) is 39.2 Å². The molecule has 3 rings (SSSR count). The Kier molecular flexibility index (Phi) is 7.91. The molecular weight excluding hydrogens is 379 g/mol. The van der Waals surface area contributed by atoms with Gasteiger partial charge in [-0.15, -0.1) is 0 Å². The third-order valence-corrected chi connectivity index (χ3v) is 5.56. The van der Waals surface area contributed by atoms with Crippen LogP contribution >= 0.6 is 0 Å². The smallest absolute Gasteiger partial charge is 0.123 e. The van der Waals surface area contributed by atoms with Gasteiger partial charge < -0.3 is 10.2 Å². The Balaban J connectivity index is 1.89. The van der Waals surface area contributed by atoms with Crippen molar-refractivity contribution in [2.24, 2.45) is 0 Å². The summed E-state index contributed by atoms with van der Waals surface area (Å²) in [7, 11) is 0. The van der Waals surface area contributed by atoms with Gasteiger partial charge in [0.15, 0.2) is 0 Å². The minimum Gasteiger partial charge on any atom is -0.395 e. The molecule has 0 aliphatic heterocycles. The summed E-state index contributed by atoms with van der Waals surface area (Å²) < 4.78 is 13.4. The van der Waals surface area contributed by atoms with E-state index in [2.05, 4.69) is 25.1 Å². The average Bonchev–Trinajstić information content (AvgIpc) is 2.76. The molecule has 160 valence electrons. The molecule has 0 radical (unpaired) electrons. The van der Waals surface area contributed by atoms with E-state index in [9.17, 15) is 9.50 Å². The highest BCUT2D eigenvalue weighted by Crippen LogP contribution is 2.28. The molecule has 1 unspecified atom stereocenters. The molecular formula is C25H31FN2O2. The van der Waals surface area contributed by atoms with Gasteiger partial charge in [-0.3, -0.25) is 4.90 Å². The second-order valence-corrected chi connectivity index (χ2v) is 7.69. The Morgan fingerprint density at radius 1 is 1.07 bits per heavy atom. The lowest BCUT2D eigenvalue weighted by molar-refractivity contribution is 0.0969. The van der Waals surface area contributed by atoms with Crippen LogP contribution in [0.2, 0.25) is 0 Å². The Hall–Kier alpha value is -2.34. The highest BCUT2D eigenvalue weighted by atomic mass is 19.1. The predicted octanol–water partition coefficient (Wildman–Crippen LogP) is 4.21. The van der Waals surface area contributed by atoms with Gasteiger partial charge in [0.2, 0.25) is 0 Å². The van der Waals surface area contributed by atoms with Crippen LogP contribution in [0.25, 0.3) is 22.2 Å². The Labute approximate surface area is 178 Å². The van der Waals surface area contributed by atoms with E-state index in [1.54, 1.807) is 12.1 Å². The van der Waals surface area contributed by atoms with E-state index >= 15 is 0 Å². The minimum atomic E-state index is -0.491. The zero-order chi connectivity index (χ0) is 21.5. The lowest BCUT2D eigenvalue weighted by atomic mass is 9.97. The van der Waals surface area contributed by atoms with Gasteiger partial charge in [0.1, 0.15) is 5.82 Å².